The molecule has 1 aliphatic rings. The van der Waals surface area contributed by atoms with Crippen LogP contribution in [0.3, 0.4) is 0 Å². The Kier molecular flexibility index (Phi) is 5.99. The monoisotopic (exact) mass is 427 g/mol. The van der Waals surface area contributed by atoms with Crippen molar-refractivity contribution in [2.75, 3.05) is 24.5 Å². The molecule has 5 nitrogen and oxygen atoms in total. The number of hydrogen-bond donors (Lipinski definition) is 1. The maximum atomic E-state index is 12.8. The summed E-state index contributed by atoms with van der Waals surface area (Å²) in [6.45, 7) is 4.32. The average Bonchev–Trinajstić information content (AvgIpc) is 3.28. The molecule has 0 saturated carbocycles. The van der Waals surface area contributed by atoms with E-state index in [4.69, 9.17) is 0 Å². The highest BCUT2D eigenvalue weighted by atomic mass is 32.2. The molecule has 1 fully saturated rings. The van der Waals surface area contributed by atoms with Crippen LogP contribution in [0.25, 0.3) is 11.1 Å². The normalized spacial score (nSPS) is 17.4. The number of rotatable bonds is 6. The van der Waals surface area contributed by atoms with Gasteiger partial charge < -0.3 is 4.90 Å². The standard InChI is InChI=1S/C22H25N3O2S2/c1-17-4-2-6-20(14-17)19-7-9-21(10-8-19)29(26,27)24-15-18-5-3-12-25(16-18)22-23-11-13-28-22/h2,4,6-11,13-14,18,24H,3,5,12,15-16H2,1H3. The van der Waals surface area contributed by atoms with Crippen molar-refractivity contribution in [1.82, 2.24) is 9.71 Å². The van der Waals surface area contributed by atoms with Gasteiger partial charge in [-0.2, -0.15) is 0 Å². The van der Waals surface area contributed by atoms with Crippen molar-refractivity contribution in [3.8, 4) is 11.1 Å². The minimum Gasteiger partial charge on any atom is -0.348 e. The van der Waals surface area contributed by atoms with Crippen molar-refractivity contribution in [2.24, 2.45) is 5.92 Å². The van der Waals surface area contributed by atoms with Gasteiger partial charge in [0.05, 0.1) is 4.90 Å². The Morgan fingerprint density at radius 2 is 2.00 bits per heavy atom. The molecule has 1 aromatic heterocycles. The zero-order valence-electron chi connectivity index (χ0n) is 16.4. The van der Waals surface area contributed by atoms with E-state index in [0.29, 0.717) is 11.4 Å². The van der Waals surface area contributed by atoms with E-state index in [0.717, 1.165) is 42.2 Å². The number of hydrogen-bond acceptors (Lipinski definition) is 5. The number of aryl methyl sites for hydroxylation is 1. The molecule has 1 aliphatic heterocycles. The lowest BCUT2D eigenvalue weighted by Gasteiger charge is -2.32. The molecule has 0 radical (unpaired) electrons. The number of nitrogens with one attached hydrogen (secondary N) is 1. The predicted molar refractivity (Wildman–Crippen MR) is 119 cm³/mol. The summed E-state index contributed by atoms with van der Waals surface area (Å²) in [6, 6.07) is 15.3. The van der Waals surface area contributed by atoms with Crippen LogP contribution >= 0.6 is 11.3 Å². The molecule has 0 spiro atoms. The van der Waals surface area contributed by atoms with Gasteiger partial charge in [0, 0.05) is 31.2 Å². The molecule has 152 valence electrons. The topological polar surface area (TPSA) is 62.3 Å². The molecule has 0 amide bonds. The molecular formula is C22H25N3O2S2. The second kappa shape index (κ2) is 8.65. The van der Waals surface area contributed by atoms with Gasteiger partial charge in [-0.25, -0.2) is 18.1 Å². The Bertz CT molecular complexity index is 1050. The third-order valence-electron chi connectivity index (χ3n) is 5.29. The molecule has 1 atom stereocenters. The maximum Gasteiger partial charge on any atom is 0.240 e. The van der Waals surface area contributed by atoms with Gasteiger partial charge >= 0.3 is 0 Å². The molecule has 7 heteroatoms. The van der Waals surface area contributed by atoms with E-state index in [1.165, 1.54) is 5.56 Å². The van der Waals surface area contributed by atoms with E-state index < -0.39 is 10.0 Å². The van der Waals surface area contributed by atoms with Crippen LogP contribution in [-0.4, -0.2) is 33.0 Å². The quantitative estimate of drug-likeness (QED) is 0.637. The summed E-state index contributed by atoms with van der Waals surface area (Å²) in [5.41, 5.74) is 3.28. The van der Waals surface area contributed by atoms with E-state index >= 15 is 0 Å². The first-order valence-corrected chi connectivity index (χ1v) is 12.2. The smallest absolute Gasteiger partial charge is 0.240 e. The van der Waals surface area contributed by atoms with Crippen molar-refractivity contribution in [1.29, 1.82) is 0 Å². The SMILES string of the molecule is Cc1cccc(-c2ccc(S(=O)(=O)NCC3CCCN(c4nccs4)C3)cc2)c1. The van der Waals surface area contributed by atoms with E-state index in [1.807, 2.05) is 48.8 Å². The average molecular weight is 428 g/mol. The minimum absolute atomic E-state index is 0.286. The maximum absolute atomic E-state index is 12.8. The van der Waals surface area contributed by atoms with Crippen molar-refractivity contribution in [3.05, 3.63) is 65.7 Å². The molecule has 4 rings (SSSR count). The van der Waals surface area contributed by atoms with Crippen LogP contribution in [0.5, 0.6) is 0 Å². The summed E-state index contributed by atoms with van der Waals surface area (Å²) in [5.74, 6) is 0.286. The summed E-state index contributed by atoms with van der Waals surface area (Å²) >= 11 is 1.63. The number of aromatic nitrogens is 1. The summed E-state index contributed by atoms with van der Waals surface area (Å²) in [5, 5.41) is 2.99. The molecule has 2 aromatic carbocycles. The number of benzene rings is 2. The van der Waals surface area contributed by atoms with E-state index in [1.54, 1.807) is 23.5 Å². The molecule has 1 N–H and O–H groups in total. The highest BCUT2D eigenvalue weighted by Crippen LogP contribution is 2.25. The van der Waals surface area contributed by atoms with Gasteiger partial charge in [0.1, 0.15) is 0 Å². The molecule has 1 unspecified atom stereocenters. The van der Waals surface area contributed by atoms with Crippen LogP contribution in [0, 0.1) is 12.8 Å². The highest BCUT2D eigenvalue weighted by molar-refractivity contribution is 7.89. The fourth-order valence-corrected chi connectivity index (χ4v) is 5.54. The molecule has 1 saturated heterocycles. The Hall–Kier alpha value is -2.22. The van der Waals surface area contributed by atoms with Crippen LogP contribution in [-0.2, 0) is 10.0 Å². The third-order valence-corrected chi connectivity index (χ3v) is 7.56. The minimum atomic E-state index is -3.52. The van der Waals surface area contributed by atoms with Crippen molar-refractivity contribution < 1.29 is 8.42 Å². The van der Waals surface area contributed by atoms with Crippen molar-refractivity contribution >= 4 is 26.5 Å². The van der Waals surface area contributed by atoms with Gasteiger partial charge in [-0.1, -0.05) is 42.0 Å². The summed E-state index contributed by atoms with van der Waals surface area (Å²) in [4.78, 5) is 6.94. The van der Waals surface area contributed by atoms with Gasteiger partial charge in [0.2, 0.25) is 10.0 Å². The lowest BCUT2D eigenvalue weighted by Crippen LogP contribution is -2.41. The van der Waals surface area contributed by atoms with E-state index in [2.05, 4.69) is 20.7 Å². The predicted octanol–water partition coefficient (Wildman–Crippen LogP) is 4.31. The Balaban J connectivity index is 1.39. The zero-order valence-corrected chi connectivity index (χ0v) is 18.0. The van der Waals surface area contributed by atoms with Crippen LogP contribution in [0.4, 0.5) is 5.13 Å². The van der Waals surface area contributed by atoms with Crippen LogP contribution < -0.4 is 9.62 Å². The molecular weight excluding hydrogens is 402 g/mol. The molecule has 29 heavy (non-hydrogen) atoms. The van der Waals surface area contributed by atoms with Gasteiger partial charge in [0.25, 0.3) is 0 Å². The van der Waals surface area contributed by atoms with Crippen LogP contribution in [0.15, 0.2) is 65.0 Å². The second-order valence-electron chi connectivity index (χ2n) is 7.51. The van der Waals surface area contributed by atoms with E-state index in [9.17, 15) is 8.42 Å². The molecule has 0 aliphatic carbocycles. The Morgan fingerprint density at radius 1 is 1.17 bits per heavy atom. The first-order valence-electron chi connectivity index (χ1n) is 9.82. The van der Waals surface area contributed by atoms with E-state index in [-0.39, 0.29) is 5.92 Å². The van der Waals surface area contributed by atoms with Gasteiger partial charge in [-0.05, 0) is 48.9 Å². The van der Waals surface area contributed by atoms with Crippen LogP contribution in [0.2, 0.25) is 0 Å². The van der Waals surface area contributed by atoms with Crippen molar-refractivity contribution in [2.45, 2.75) is 24.7 Å². The summed E-state index contributed by atoms with van der Waals surface area (Å²) < 4.78 is 28.3. The van der Waals surface area contributed by atoms with Gasteiger partial charge in [-0.15, -0.1) is 11.3 Å². The first kappa shape index (κ1) is 20.1. The number of nitrogens with zero attached hydrogens (tertiary/aromatic N) is 2. The molecule has 2 heterocycles. The zero-order chi connectivity index (χ0) is 20.3. The second-order valence-corrected chi connectivity index (χ2v) is 10.2. The number of piperidine rings is 1. The lowest BCUT2D eigenvalue weighted by atomic mass is 9.99. The molecule has 0 bridgehead atoms. The summed E-state index contributed by atoms with van der Waals surface area (Å²) in [6.07, 6.45) is 3.89. The number of thiazole rings is 1. The number of anilines is 1. The third kappa shape index (κ3) is 4.86. The molecule has 3 aromatic rings. The van der Waals surface area contributed by atoms with Crippen LogP contribution in [0.1, 0.15) is 18.4 Å². The largest absolute Gasteiger partial charge is 0.348 e. The Labute approximate surface area is 176 Å². The number of sulfonamides is 1. The fraction of sp³-hybridized carbons (Fsp3) is 0.318. The fourth-order valence-electron chi connectivity index (χ4n) is 3.74. The van der Waals surface area contributed by atoms with Gasteiger partial charge in [0.15, 0.2) is 5.13 Å². The Morgan fingerprint density at radius 3 is 2.72 bits per heavy atom. The highest BCUT2D eigenvalue weighted by Gasteiger charge is 2.23. The lowest BCUT2D eigenvalue weighted by molar-refractivity contribution is 0.410. The van der Waals surface area contributed by atoms with Crippen molar-refractivity contribution in [3.63, 3.8) is 0 Å². The summed E-state index contributed by atoms with van der Waals surface area (Å²) in [7, 11) is -3.52. The first-order chi connectivity index (χ1) is 14.0. The van der Waals surface area contributed by atoms with Gasteiger partial charge in [-0.3, -0.25) is 0 Å².